The molecule has 2 aliphatic rings. The molecule has 156 valence electrons. The van der Waals surface area contributed by atoms with E-state index in [1.807, 2.05) is 13.8 Å². The van der Waals surface area contributed by atoms with Gasteiger partial charge >= 0.3 is 6.36 Å². The molecule has 1 N–H and O–H groups in total. The highest BCUT2D eigenvalue weighted by Crippen LogP contribution is 2.45. The molecule has 1 heterocycles. The maximum absolute atomic E-state index is 12.7. The van der Waals surface area contributed by atoms with Gasteiger partial charge in [0.25, 0.3) is 0 Å². The largest absolute Gasteiger partial charge is 0.573 e. The molecule has 2 fully saturated rings. The van der Waals surface area contributed by atoms with Crippen molar-refractivity contribution in [1.82, 2.24) is 10.2 Å². The third-order valence-electron chi connectivity index (χ3n) is 5.10. The van der Waals surface area contributed by atoms with Crippen LogP contribution in [0.1, 0.15) is 44.6 Å². The van der Waals surface area contributed by atoms with Crippen molar-refractivity contribution in [3.05, 3.63) is 29.8 Å². The molecule has 1 aromatic rings. The molecule has 2 atom stereocenters. The second-order valence-electron chi connectivity index (χ2n) is 7.12. The summed E-state index contributed by atoms with van der Waals surface area (Å²) < 4.78 is 47.9. The van der Waals surface area contributed by atoms with Crippen LogP contribution in [0.15, 0.2) is 29.3 Å². The van der Waals surface area contributed by atoms with Crippen LogP contribution in [0.25, 0.3) is 0 Å². The van der Waals surface area contributed by atoms with E-state index in [2.05, 4.69) is 19.9 Å². The minimum atomic E-state index is -4.69. The van der Waals surface area contributed by atoms with Gasteiger partial charge in [-0.3, -0.25) is 4.99 Å². The molecular weight excluding hydrogens is 371 g/mol. The normalized spacial score (nSPS) is 23.6. The van der Waals surface area contributed by atoms with E-state index in [0.717, 1.165) is 44.9 Å². The third kappa shape index (κ3) is 5.53. The van der Waals surface area contributed by atoms with Gasteiger partial charge in [-0.25, -0.2) is 0 Å². The number of halogens is 3. The summed E-state index contributed by atoms with van der Waals surface area (Å²) in [7, 11) is 0. The van der Waals surface area contributed by atoms with Gasteiger partial charge in [-0.05, 0) is 44.7 Å². The summed E-state index contributed by atoms with van der Waals surface area (Å²) in [6.07, 6.45) is -1.73. The first-order valence-corrected chi connectivity index (χ1v) is 9.93. The van der Waals surface area contributed by atoms with Crippen LogP contribution in [0, 0.1) is 0 Å². The summed E-state index contributed by atoms with van der Waals surface area (Å²) in [5.41, 5.74) is 0.586. The Hall–Kier alpha value is -1.96. The number of aliphatic imine (C=N–C) groups is 1. The highest BCUT2D eigenvalue weighted by atomic mass is 19.4. The number of nitrogens with zero attached hydrogens (tertiary/aromatic N) is 2. The van der Waals surface area contributed by atoms with Gasteiger partial charge in [0, 0.05) is 38.2 Å². The standard InChI is InChI=1S/C20H28F3N3O2/c1-3-24-19(26-11-9-14(10-12-26)27-4-2)25-17-13-16(17)15-7-5-6-8-18(15)28-20(21,22)23/h5-8,14,16-17H,3-4,9-13H2,1-2H3,(H,24,25). The minimum Gasteiger partial charge on any atom is -0.405 e. The lowest BCUT2D eigenvalue weighted by atomic mass is 10.1. The summed E-state index contributed by atoms with van der Waals surface area (Å²) in [5, 5.41) is 3.45. The average molecular weight is 399 g/mol. The summed E-state index contributed by atoms with van der Waals surface area (Å²) in [6.45, 7) is 7.08. The molecule has 1 saturated carbocycles. The summed E-state index contributed by atoms with van der Waals surface area (Å²) >= 11 is 0. The Bertz CT molecular complexity index is 673. The van der Waals surface area contributed by atoms with Crippen LogP contribution in [-0.4, -0.2) is 55.6 Å². The fraction of sp³-hybridized carbons (Fsp3) is 0.650. The Morgan fingerprint density at radius 1 is 1.21 bits per heavy atom. The maximum atomic E-state index is 12.7. The van der Waals surface area contributed by atoms with Crippen LogP contribution in [-0.2, 0) is 4.74 Å². The number of hydrogen-bond acceptors (Lipinski definition) is 3. The lowest BCUT2D eigenvalue weighted by Gasteiger charge is -2.34. The molecule has 8 heteroatoms. The Balaban J connectivity index is 1.61. The van der Waals surface area contributed by atoms with Gasteiger partial charge in [-0.2, -0.15) is 0 Å². The van der Waals surface area contributed by atoms with Gasteiger partial charge in [-0.15, -0.1) is 13.2 Å². The first-order chi connectivity index (χ1) is 13.4. The van der Waals surface area contributed by atoms with Gasteiger partial charge in [0.2, 0.25) is 0 Å². The molecule has 1 aliphatic heterocycles. The number of ether oxygens (including phenoxy) is 2. The van der Waals surface area contributed by atoms with Gasteiger partial charge < -0.3 is 19.7 Å². The Morgan fingerprint density at radius 3 is 2.57 bits per heavy atom. The summed E-state index contributed by atoms with van der Waals surface area (Å²) in [4.78, 5) is 6.80. The fourth-order valence-electron chi connectivity index (χ4n) is 3.73. The van der Waals surface area contributed by atoms with E-state index in [1.54, 1.807) is 18.2 Å². The van der Waals surface area contributed by atoms with Crippen LogP contribution in [0.3, 0.4) is 0 Å². The number of likely N-dealkylation sites (tertiary alicyclic amines) is 1. The molecule has 1 aliphatic carbocycles. The highest BCUT2D eigenvalue weighted by Gasteiger charge is 2.43. The molecule has 2 unspecified atom stereocenters. The van der Waals surface area contributed by atoms with Crippen LogP contribution < -0.4 is 10.1 Å². The number of para-hydroxylation sites is 1. The molecule has 1 saturated heterocycles. The fourth-order valence-corrected chi connectivity index (χ4v) is 3.73. The van der Waals surface area contributed by atoms with Gasteiger partial charge in [-0.1, -0.05) is 18.2 Å². The smallest absolute Gasteiger partial charge is 0.405 e. The predicted octanol–water partition coefficient (Wildman–Crippen LogP) is 3.91. The molecule has 3 rings (SSSR count). The van der Waals surface area contributed by atoms with Gasteiger partial charge in [0.15, 0.2) is 5.96 Å². The molecule has 0 spiro atoms. The topological polar surface area (TPSA) is 46.1 Å². The zero-order valence-electron chi connectivity index (χ0n) is 16.3. The zero-order valence-corrected chi connectivity index (χ0v) is 16.3. The zero-order chi connectivity index (χ0) is 20.1. The average Bonchev–Trinajstić information content (AvgIpc) is 3.40. The van der Waals surface area contributed by atoms with E-state index < -0.39 is 6.36 Å². The van der Waals surface area contributed by atoms with Crippen molar-refractivity contribution >= 4 is 5.96 Å². The summed E-state index contributed by atoms with van der Waals surface area (Å²) in [5.74, 6) is 0.705. The van der Waals surface area contributed by atoms with Crippen LogP contribution in [0.5, 0.6) is 5.75 Å². The number of rotatable bonds is 6. The molecule has 0 radical (unpaired) electrons. The Labute approximate surface area is 163 Å². The predicted molar refractivity (Wildman–Crippen MR) is 102 cm³/mol. The number of guanidine groups is 1. The first-order valence-electron chi connectivity index (χ1n) is 9.93. The van der Waals surface area contributed by atoms with Gasteiger partial charge in [0.1, 0.15) is 5.75 Å². The second kappa shape index (κ2) is 9.03. The van der Waals surface area contributed by atoms with Crippen LogP contribution in [0.2, 0.25) is 0 Å². The van der Waals surface area contributed by atoms with Gasteiger partial charge in [0.05, 0.1) is 6.10 Å². The summed E-state index contributed by atoms with van der Waals surface area (Å²) in [6, 6.07) is 6.44. The second-order valence-corrected chi connectivity index (χ2v) is 7.12. The molecule has 0 amide bonds. The number of alkyl halides is 3. The van der Waals surface area contributed by atoms with E-state index in [4.69, 9.17) is 4.74 Å². The molecular formula is C20H28F3N3O2. The van der Waals surface area contributed by atoms with E-state index in [-0.39, 0.29) is 17.7 Å². The molecule has 0 bridgehead atoms. The molecule has 0 aromatic heterocycles. The lowest BCUT2D eigenvalue weighted by molar-refractivity contribution is -0.274. The van der Waals surface area contributed by atoms with Crippen molar-refractivity contribution in [2.75, 3.05) is 26.2 Å². The number of piperidine rings is 1. The van der Waals surface area contributed by atoms with Crippen molar-refractivity contribution in [1.29, 1.82) is 0 Å². The van der Waals surface area contributed by atoms with Crippen LogP contribution in [0.4, 0.5) is 13.2 Å². The lowest BCUT2D eigenvalue weighted by Crippen LogP contribution is -2.48. The minimum absolute atomic E-state index is 0.0124. The maximum Gasteiger partial charge on any atom is 0.573 e. The van der Waals surface area contributed by atoms with Crippen molar-refractivity contribution in [2.24, 2.45) is 4.99 Å². The van der Waals surface area contributed by atoms with E-state index in [1.165, 1.54) is 6.07 Å². The number of nitrogens with one attached hydrogen (secondary N) is 1. The quantitative estimate of drug-likeness (QED) is 0.582. The number of hydrogen-bond donors (Lipinski definition) is 1. The van der Waals surface area contributed by atoms with E-state index in [9.17, 15) is 13.2 Å². The van der Waals surface area contributed by atoms with Crippen molar-refractivity contribution in [3.8, 4) is 5.75 Å². The van der Waals surface area contributed by atoms with Crippen molar-refractivity contribution < 1.29 is 22.6 Å². The Kier molecular flexibility index (Phi) is 6.69. The van der Waals surface area contributed by atoms with Crippen LogP contribution >= 0.6 is 0 Å². The SMILES string of the molecule is CCN=C(NC1CC1c1ccccc1OC(F)(F)F)N1CCC(OCC)CC1. The van der Waals surface area contributed by atoms with Crippen molar-refractivity contribution in [2.45, 2.75) is 57.5 Å². The molecule has 5 nitrogen and oxygen atoms in total. The number of benzene rings is 1. The molecule has 1 aromatic carbocycles. The molecule has 28 heavy (non-hydrogen) atoms. The van der Waals surface area contributed by atoms with Crippen molar-refractivity contribution in [3.63, 3.8) is 0 Å². The first kappa shape index (κ1) is 20.8. The highest BCUT2D eigenvalue weighted by molar-refractivity contribution is 5.81. The third-order valence-corrected chi connectivity index (χ3v) is 5.10. The Morgan fingerprint density at radius 2 is 1.93 bits per heavy atom. The van der Waals surface area contributed by atoms with E-state index in [0.29, 0.717) is 18.2 Å². The monoisotopic (exact) mass is 399 g/mol. The van der Waals surface area contributed by atoms with E-state index >= 15 is 0 Å².